The zero-order valence-electron chi connectivity index (χ0n) is 10.0. The minimum Gasteiger partial charge on any atom is -0.469 e. The van der Waals surface area contributed by atoms with E-state index in [-0.39, 0.29) is 6.42 Å². The minimum atomic E-state index is -0.599. The molecular formula is C11H16O6. The Balaban J connectivity index is 2.69. The molecule has 96 valence electrons. The Bertz CT molecular complexity index is 311. The van der Waals surface area contributed by atoms with Crippen molar-refractivity contribution < 1.29 is 28.5 Å². The van der Waals surface area contributed by atoms with Crippen LogP contribution in [0.5, 0.6) is 0 Å². The molecule has 0 spiro atoms. The number of carbonyl (C=O) groups excluding carboxylic acids is 2. The van der Waals surface area contributed by atoms with Gasteiger partial charge in [-0.25, -0.2) is 0 Å². The van der Waals surface area contributed by atoms with Gasteiger partial charge >= 0.3 is 11.9 Å². The topological polar surface area (TPSA) is 71.1 Å². The number of hydrogen-bond acceptors (Lipinski definition) is 6. The van der Waals surface area contributed by atoms with Gasteiger partial charge < -0.3 is 18.9 Å². The lowest BCUT2D eigenvalue weighted by atomic mass is 10.1. The number of esters is 2. The van der Waals surface area contributed by atoms with Crippen LogP contribution in [0.15, 0.2) is 12.2 Å². The zero-order valence-corrected chi connectivity index (χ0v) is 10.0. The van der Waals surface area contributed by atoms with E-state index in [2.05, 4.69) is 4.74 Å². The van der Waals surface area contributed by atoms with Crippen molar-refractivity contribution in [2.24, 2.45) is 0 Å². The number of hydrogen-bond donors (Lipinski definition) is 0. The summed E-state index contributed by atoms with van der Waals surface area (Å²) in [6, 6.07) is 0. The van der Waals surface area contributed by atoms with Crippen LogP contribution >= 0.6 is 0 Å². The molecule has 0 aromatic carbocycles. The Morgan fingerprint density at radius 1 is 1.29 bits per heavy atom. The zero-order chi connectivity index (χ0) is 12.8. The smallest absolute Gasteiger partial charge is 0.308 e. The first-order valence-electron chi connectivity index (χ1n) is 5.17. The molecule has 3 atom stereocenters. The van der Waals surface area contributed by atoms with E-state index in [9.17, 15) is 9.59 Å². The van der Waals surface area contributed by atoms with Crippen LogP contribution in [0, 0.1) is 0 Å². The van der Waals surface area contributed by atoms with Crippen LogP contribution < -0.4 is 0 Å². The molecule has 0 saturated carbocycles. The molecule has 0 unspecified atom stereocenters. The molecule has 1 heterocycles. The van der Waals surface area contributed by atoms with Crippen LogP contribution in [0.3, 0.4) is 0 Å². The van der Waals surface area contributed by atoms with Gasteiger partial charge in [-0.1, -0.05) is 0 Å². The summed E-state index contributed by atoms with van der Waals surface area (Å²) < 4.78 is 20.0. The Morgan fingerprint density at radius 3 is 2.53 bits per heavy atom. The standard InChI is InChI=1S/C11H16O6/c1-7(12)16-8-4-5-11(15-3)17-9(8)6-10(13)14-2/h4-5,8-9,11H,6H2,1-3H3/t8-,9+,11-/m0/s1. The quantitative estimate of drug-likeness (QED) is 0.527. The number of ether oxygens (including phenoxy) is 4. The van der Waals surface area contributed by atoms with Crippen molar-refractivity contribution in [2.75, 3.05) is 14.2 Å². The van der Waals surface area contributed by atoms with Crippen LogP contribution in [-0.2, 0) is 28.5 Å². The van der Waals surface area contributed by atoms with Crippen molar-refractivity contribution in [1.29, 1.82) is 0 Å². The maximum absolute atomic E-state index is 11.2. The summed E-state index contributed by atoms with van der Waals surface area (Å²) in [5, 5.41) is 0. The third-order valence-corrected chi connectivity index (χ3v) is 2.26. The Kier molecular flexibility index (Phi) is 5.11. The average molecular weight is 244 g/mol. The molecule has 1 rings (SSSR count). The highest BCUT2D eigenvalue weighted by Gasteiger charge is 2.31. The number of carbonyl (C=O) groups is 2. The minimum absolute atomic E-state index is 0.00134. The van der Waals surface area contributed by atoms with Gasteiger partial charge in [0.15, 0.2) is 6.29 Å². The summed E-state index contributed by atoms with van der Waals surface area (Å²) in [5.41, 5.74) is 0. The summed E-state index contributed by atoms with van der Waals surface area (Å²) in [5.74, 6) is -0.869. The van der Waals surface area contributed by atoms with E-state index in [0.29, 0.717) is 0 Å². The van der Waals surface area contributed by atoms with Crippen molar-refractivity contribution in [1.82, 2.24) is 0 Å². The molecule has 1 aliphatic rings. The fourth-order valence-corrected chi connectivity index (χ4v) is 1.47. The van der Waals surface area contributed by atoms with Crippen molar-refractivity contribution in [3.8, 4) is 0 Å². The van der Waals surface area contributed by atoms with Gasteiger partial charge in [-0.2, -0.15) is 0 Å². The van der Waals surface area contributed by atoms with Crippen LogP contribution in [0.1, 0.15) is 13.3 Å². The van der Waals surface area contributed by atoms with Gasteiger partial charge in [0.05, 0.1) is 13.5 Å². The summed E-state index contributed by atoms with van der Waals surface area (Å²) in [7, 11) is 2.77. The van der Waals surface area contributed by atoms with Gasteiger partial charge in [0.1, 0.15) is 12.2 Å². The van der Waals surface area contributed by atoms with E-state index in [4.69, 9.17) is 14.2 Å². The first-order valence-corrected chi connectivity index (χ1v) is 5.17. The highest BCUT2D eigenvalue weighted by atomic mass is 16.7. The van der Waals surface area contributed by atoms with E-state index in [1.165, 1.54) is 21.1 Å². The molecule has 0 bridgehead atoms. The van der Waals surface area contributed by atoms with Gasteiger partial charge in [0, 0.05) is 14.0 Å². The summed E-state index contributed by atoms with van der Waals surface area (Å²) in [6.07, 6.45) is 1.53. The molecule has 6 heteroatoms. The molecule has 1 aliphatic heterocycles. The SMILES string of the molecule is COC(=O)C[C@H]1O[C@H](OC)C=C[C@@H]1OC(C)=O. The monoisotopic (exact) mass is 244 g/mol. The van der Waals surface area contributed by atoms with Crippen LogP contribution in [-0.4, -0.2) is 44.7 Å². The third-order valence-electron chi connectivity index (χ3n) is 2.26. The van der Waals surface area contributed by atoms with Gasteiger partial charge in [-0.15, -0.1) is 0 Å². The molecular weight excluding hydrogens is 228 g/mol. The van der Waals surface area contributed by atoms with Crippen LogP contribution in [0.4, 0.5) is 0 Å². The van der Waals surface area contributed by atoms with E-state index < -0.39 is 30.4 Å². The van der Waals surface area contributed by atoms with Gasteiger partial charge in [-0.05, 0) is 12.2 Å². The van der Waals surface area contributed by atoms with Gasteiger partial charge in [0.2, 0.25) is 0 Å². The lowest BCUT2D eigenvalue weighted by Gasteiger charge is -2.30. The van der Waals surface area contributed by atoms with Gasteiger partial charge in [-0.3, -0.25) is 9.59 Å². The summed E-state index contributed by atoms with van der Waals surface area (Å²) in [4.78, 5) is 22.1. The van der Waals surface area contributed by atoms with Crippen LogP contribution in [0.2, 0.25) is 0 Å². The second-order valence-corrected chi connectivity index (χ2v) is 3.52. The fourth-order valence-electron chi connectivity index (χ4n) is 1.47. The van der Waals surface area contributed by atoms with Crippen molar-refractivity contribution in [2.45, 2.75) is 31.8 Å². The second kappa shape index (κ2) is 6.36. The fraction of sp³-hybridized carbons (Fsp3) is 0.636. The molecule has 0 amide bonds. The molecule has 0 radical (unpaired) electrons. The Labute approximate surface area is 99.5 Å². The molecule has 0 aromatic heterocycles. The molecule has 6 nitrogen and oxygen atoms in total. The van der Waals surface area contributed by atoms with E-state index in [1.54, 1.807) is 12.2 Å². The highest BCUT2D eigenvalue weighted by Crippen LogP contribution is 2.19. The number of rotatable bonds is 4. The maximum atomic E-state index is 11.2. The lowest BCUT2D eigenvalue weighted by Crippen LogP contribution is -2.40. The summed E-state index contributed by atoms with van der Waals surface area (Å²) in [6.45, 7) is 1.30. The first kappa shape index (κ1) is 13.7. The van der Waals surface area contributed by atoms with Crippen LogP contribution in [0.25, 0.3) is 0 Å². The average Bonchev–Trinajstić information content (AvgIpc) is 2.30. The highest BCUT2D eigenvalue weighted by molar-refractivity contribution is 5.70. The largest absolute Gasteiger partial charge is 0.469 e. The molecule has 0 N–H and O–H groups in total. The Morgan fingerprint density at radius 2 is 2.00 bits per heavy atom. The van der Waals surface area contributed by atoms with Crippen molar-refractivity contribution >= 4 is 11.9 Å². The second-order valence-electron chi connectivity index (χ2n) is 3.52. The van der Waals surface area contributed by atoms with Crippen molar-refractivity contribution in [3.05, 3.63) is 12.2 Å². The maximum Gasteiger partial charge on any atom is 0.308 e. The van der Waals surface area contributed by atoms with E-state index >= 15 is 0 Å². The predicted molar refractivity (Wildman–Crippen MR) is 57.0 cm³/mol. The molecule has 0 aromatic rings. The third kappa shape index (κ3) is 4.16. The normalized spacial score (nSPS) is 27.6. The predicted octanol–water partition coefficient (Wildman–Crippen LogP) is 0.409. The Hall–Kier alpha value is -1.40. The van der Waals surface area contributed by atoms with E-state index in [0.717, 1.165) is 0 Å². The number of methoxy groups -OCH3 is 2. The molecule has 0 saturated heterocycles. The lowest BCUT2D eigenvalue weighted by molar-refractivity contribution is -0.184. The molecule has 17 heavy (non-hydrogen) atoms. The molecule has 0 fully saturated rings. The van der Waals surface area contributed by atoms with Crippen molar-refractivity contribution in [3.63, 3.8) is 0 Å². The summed E-state index contributed by atoms with van der Waals surface area (Å²) >= 11 is 0. The first-order chi connectivity index (χ1) is 8.06. The van der Waals surface area contributed by atoms with Gasteiger partial charge in [0.25, 0.3) is 0 Å². The molecule has 0 aliphatic carbocycles. The van der Waals surface area contributed by atoms with E-state index in [1.807, 2.05) is 0 Å².